The third kappa shape index (κ3) is 3.58. The van der Waals surface area contributed by atoms with E-state index in [1.165, 1.54) is 38.5 Å². The van der Waals surface area contributed by atoms with Crippen LogP contribution in [0.5, 0.6) is 5.75 Å². The van der Waals surface area contributed by atoms with Crippen molar-refractivity contribution in [2.75, 3.05) is 0 Å². The predicted molar refractivity (Wildman–Crippen MR) is 101 cm³/mol. The molecule has 0 aromatic heterocycles. The number of ether oxygens (including phenoxy) is 1. The first-order chi connectivity index (χ1) is 12.6. The molecule has 4 rings (SSSR count). The number of aryl methyl sites for hydroxylation is 1. The maximum absolute atomic E-state index is 14.4. The largest absolute Gasteiger partial charge is 0.423 e. The molecule has 140 valence electrons. The molecular weight excluding hydrogens is 327 g/mol. The van der Waals surface area contributed by atoms with Crippen molar-refractivity contribution in [1.82, 2.24) is 0 Å². The Hall–Kier alpha value is -1.64. The van der Waals surface area contributed by atoms with Crippen molar-refractivity contribution >= 4 is 5.97 Å². The third-order valence-electron chi connectivity index (χ3n) is 7.02. The Labute approximate surface area is 155 Å². The molecule has 0 bridgehead atoms. The molecule has 1 aromatic carbocycles. The highest BCUT2D eigenvalue weighted by Crippen LogP contribution is 2.45. The molecule has 0 amide bonds. The number of hydrogen-bond acceptors (Lipinski definition) is 2. The van der Waals surface area contributed by atoms with Crippen molar-refractivity contribution in [2.24, 2.45) is 17.8 Å². The summed E-state index contributed by atoms with van der Waals surface area (Å²) >= 11 is 0. The van der Waals surface area contributed by atoms with Crippen LogP contribution < -0.4 is 4.74 Å². The van der Waals surface area contributed by atoms with Crippen molar-refractivity contribution in [3.8, 4) is 5.75 Å². The van der Waals surface area contributed by atoms with E-state index in [-0.39, 0.29) is 17.5 Å². The van der Waals surface area contributed by atoms with Gasteiger partial charge in [-0.1, -0.05) is 12.1 Å². The zero-order chi connectivity index (χ0) is 18.1. The van der Waals surface area contributed by atoms with Gasteiger partial charge in [-0.3, -0.25) is 4.79 Å². The van der Waals surface area contributed by atoms with Gasteiger partial charge in [-0.25, -0.2) is 4.39 Å². The maximum Gasteiger partial charge on any atom is 0.311 e. The highest BCUT2D eigenvalue weighted by Gasteiger charge is 2.31. The summed E-state index contributed by atoms with van der Waals surface area (Å²) in [4.78, 5) is 11.4. The number of allylic oxidation sites excluding steroid dienone is 1. The quantitative estimate of drug-likeness (QED) is 0.380. The first-order valence-electron chi connectivity index (χ1n) is 10.3. The van der Waals surface area contributed by atoms with Crippen molar-refractivity contribution in [3.05, 3.63) is 41.7 Å². The van der Waals surface area contributed by atoms with Crippen LogP contribution in [-0.2, 0) is 11.2 Å². The fraction of sp³-hybridized carbons (Fsp3) is 0.609. The summed E-state index contributed by atoms with van der Waals surface area (Å²) in [5.41, 5.74) is 1.97. The van der Waals surface area contributed by atoms with Crippen LogP contribution in [0.2, 0.25) is 0 Å². The fourth-order valence-corrected chi connectivity index (χ4v) is 5.39. The zero-order valence-corrected chi connectivity index (χ0v) is 15.5. The highest BCUT2D eigenvalue weighted by atomic mass is 19.1. The predicted octanol–water partition coefficient (Wildman–Crippen LogP) is 5.94. The minimum Gasteiger partial charge on any atom is -0.423 e. The highest BCUT2D eigenvalue weighted by molar-refractivity contribution is 5.75. The van der Waals surface area contributed by atoms with Gasteiger partial charge in [-0.05, 0) is 98.7 Å². The van der Waals surface area contributed by atoms with Crippen molar-refractivity contribution in [3.63, 3.8) is 0 Å². The van der Waals surface area contributed by atoms with E-state index in [0.29, 0.717) is 18.8 Å². The molecule has 0 atom stereocenters. The van der Waals surface area contributed by atoms with Crippen molar-refractivity contribution in [1.29, 1.82) is 0 Å². The van der Waals surface area contributed by atoms with E-state index in [1.54, 1.807) is 6.07 Å². The molecule has 1 aliphatic heterocycles. The lowest BCUT2D eigenvalue weighted by Crippen LogP contribution is -2.25. The molecule has 1 aromatic rings. The molecule has 3 aliphatic rings. The minimum absolute atomic E-state index is 0.165. The molecule has 0 saturated heterocycles. The molecule has 26 heavy (non-hydrogen) atoms. The van der Waals surface area contributed by atoms with Gasteiger partial charge < -0.3 is 4.74 Å². The monoisotopic (exact) mass is 356 g/mol. The molecule has 0 radical (unpaired) electrons. The molecule has 2 aliphatic carbocycles. The van der Waals surface area contributed by atoms with Crippen LogP contribution in [0.3, 0.4) is 0 Å². The molecular formula is C23H29FO2. The Morgan fingerprint density at radius 2 is 1.62 bits per heavy atom. The maximum atomic E-state index is 14.4. The Bertz CT molecular complexity index is 680. The number of rotatable bonds is 3. The summed E-state index contributed by atoms with van der Waals surface area (Å²) in [5, 5.41) is 0. The van der Waals surface area contributed by atoms with E-state index in [9.17, 15) is 9.18 Å². The van der Waals surface area contributed by atoms with E-state index < -0.39 is 0 Å². The normalized spacial score (nSPS) is 31.8. The van der Waals surface area contributed by atoms with Crippen LogP contribution in [0.25, 0.3) is 0 Å². The van der Waals surface area contributed by atoms with Gasteiger partial charge in [0.15, 0.2) is 11.6 Å². The lowest BCUT2D eigenvalue weighted by Gasteiger charge is -2.37. The Balaban J connectivity index is 1.38. The smallest absolute Gasteiger partial charge is 0.311 e. The van der Waals surface area contributed by atoms with Crippen molar-refractivity contribution < 1.29 is 13.9 Å². The first kappa shape index (κ1) is 17.8. The lowest BCUT2D eigenvalue weighted by molar-refractivity contribution is -0.135. The summed E-state index contributed by atoms with van der Waals surface area (Å²) in [7, 11) is 0. The molecule has 2 saturated carbocycles. The summed E-state index contributed by atoms with van der Waals surface area (Å²) in [6, 6.07) is 3.70. The average Bonchev–Trinajstić information content (AvgIpc) is 2.68. The number of benzene rings is 1. The topological polar surface area (TPSA) is 26.3 Å². The van der Waals surface area contributed by atoms with Crippen LogP contribution in [0.15, 0.2) is 24.8 Å². The van der Waals surface area contributed by atoms with Crippen LogP contribution in [0.1, 0.15) is 74.8 Å². The Morgan fingerprint density at radius 3 is 2.27 bits per heavy atom. The Kier molecular flexibility index (Phi) is 5.15. The van der Waals surface area contributed by atoms with Crippen molar-refractivity contribution in [2.45, 2.75) is 70.1 Å². The molecule has 0 unspecified atom stereocenters. The summed E-state index contributed by atoms with van der Waals surface area (Å²) in [6.45, 7) is 3.95. The first-order valence-corrected chi connectivity index (χ1v) is 10.3. The number of halogens is 1. The second-order valence-corrected chi connectivity index (χ2v) is 8.49. The van der Waals surface area contributed by atoms with Crippen LogP contribution in [-0.4, -0.2) is 5.97 Å². The molecule has 2 nitrogen and oxygen atoms in total. The number of esters is 1. The number of hydrogen-bond donors (Lipinski definition) is 0. The van der Waals surface area contributed by atoms with Gasteiger partial charge in [-0.15, -0.1) is 6.58 Å². The van der Waals surface area contributed by atoms with Gasteiger partial charge in [-0.2, -0.15) is 0 Å². The molecule has 1 heterocycles. The SMILES string of the molecule is C=CC1CCC(C2CCC(c3cc(F)c4c(c3)CCC(=O)O4)CC2)CC1. The van der Waals surface area contributed by atoms with E-state index in [0.717, 1.165) is 41.7 Å². The zero-order valence-electron chi connectivity index (χ0n) is 15.5. The molecule has 2 fully saturated rings. The van der Waals surface area contributed by atoms with Crippen LogP contribution in [0.4, 0.5) is 4.39 Å². The van der Waals surface area contributed by atoms with Gasteiger partial charge in [0.2, 0.25) is 0 Å². The summed E-state index contributed by atoms with van der Waals surface area (Å²) < 4.78 is 19.5. The summed E-state index contributed by atoms with van der Waals surface area (Å²) in [6.07, 6.45) is 13.3. The van der Waals surface area contributed by atoms with Crippen LogP contribution >= 0.6 is 0 Å². The molecule has 0 N–H and O–H groups in total. The summed E-state index contributed by atoms with van der Waals surface area (Å²) in [5.74, 6) is 2.39. The van der Waals surface area contributed by atoms with E-state index >= 15 is 0 Å². The number of fused-ring (bicyclic) bond motifs is 1. The van der Waals surface area contributed by atoms with E-state index in [4.69, 9.17) is 4.74 Å². The van der Waals surface area contributed by atoms with Gasteiger partial charge >= 0.3 is 5.97 Å². The van der Waals surface area contributed by atoms with Gasteiger partial charge in [0.1, 0.15) is 0 Å². The standard InChI is InChI=1S/C23H29FO2/c1-2-15-3-5-16(6-4-15)17-7-9-18(10-8-17)20-13-19-11-12-22(25)26-23(19)21(24)14-20/h2,13-18H,1,3-12H2. The van der Waals surface area contributed by atoms with Gasteiger partial charge in [0.25, 0.3) is 0 Å². The van der Waals surface area contributed by atoms with Gasteiger partial charge in [0, 0.05) is 0 Å². The van der Waals surface area contributed by atoms with Crippen LogP contribution in [0, 0.1) is 23.6 Å². The minimum atomic E-state index is -0.365. The lowest BCUT2D eigenvalue weighted by atomic mass is 9.68. The average molecular weight is 356 g/mol. The molecule has 3 heteroatoms. The molecule has 0 spiro atoms. The van der Waals surface area contributed by atoms with Gasteiger partial charge in [0.05, 0.1) is 6.42 Å². The Morgan fingerprint density at radius 1 is 0.962 bits per heavy atom. The van der Waals surface area contributed by atoms with E-state index in [1.807, 2.05) is 0 Å². The third-order valence-corrected chi connectivity index (χ3v) is 7.02. The number of carbonyl (C=O) groups is 1. The second kappa shape index (κ2) is 7.54. The fourth-order valence-electron chi connectivity index (χ4n) is 5.39. The number of carbonyl (C=O) groups excluding carboxylic acids is 1. The second-order valence-electron chi connectivity index (χ2n) is 8.49. The van der Waals surface area contributed by atoms with E-state index in [2.05, 4.69) is 18.7 Å².